The van der Waals surface area contributed by atoms with Gasteiger partial charge in [-0.25, -0.2) is 0 Å². The van der Waals surface area contributed by atoms with Gasteiger partial charge in [-0.1, -0.05) is 24.3 Å². The summed E-state index contributed by atoms with van der Waals surface area (Å²) in [6.45, 7) is 2.68. The Balaban J connectivity index is 0.000000236. The first-order valence-corrected chi connectivity index (χ1v) is 12.4. The summed E-state index contributed by atoms with van der Waals surface area (Å²) in [6, 6.07) is 14.4. The van der Waals surface area contributed by atoms with Gasteiger partial charge in [0.2, 0.25) is 0 Å². The van der Waals surface area contributed by atoms with Crippen LogP contribution in [0.5, 0.6) is 0 Å². The predicted molar refractivity (Wildman–Crippen MR) is 142 cm³/mol. The van der Waals surface area contributed by atoms with Crippen molar-refractivity contribution in [2.75, 3.05) is 20.2 Å². The second-order valence-corrected chi connectivity index (χ2v) is 8.44. The predicted octanol–water partition coefficient (Wildman–Crippen LogP) is 3.79. The molecule has 0 saturated carbocycles. The monoisotopic (exact) mass is 475 g/mol. The van der Waals surface area contributed by atoms with Gasteiger partial charge < -0.3 is 25.5 Å². The van der Waals surface area contributed by atoms with Crippen molar-refractivity contribution in [3.8, 4) is 0 Å². The lowest BCUT2D eigenvalue weighted by atomic mass is 9.96. The normalized spacial score (nSPS) is 12.3. The van der Waals surface area contributed by atoms with Gasteiger partial charge in [0, 0.05) is 48.0 Å². The third kappa shape index (κ3) is 6.72. The molecule has 4 N–H and O–H groups in total. The number of aryl methyl sites for hydroxylation is 2. The van der Waals surface area contributed by atoms with Crippen LogP contribution in [0.1, 0.15) is 42.6 Å². The molecule has 186 valence electrons. The first-order chi connectivity index (χ1) is 17.3. The number of benzene rings is 1. The number of aldehydes is 1. The topological polar surface area (TPSA) is 106 Å². The molecule has 5 rings (SSSR count). The van der Waals surface area contributed by atoms with Crippen LogP contribution >= 0.6 is 0 Å². The molecule has 1 aliphatic rings. The van der Waals surface area contributed by atoms with Crippen LogP contribution in [0.3, 0.4) is 0 Å². The van der Waals surface area contributed by atoms with Crippen LogP contribution in [-0.4, -0.2) is 46.1 Å². The number of nitrogens with one attached hydrogen (secondary N) is 1. The number of pyridine rings is 2. The Hall–Kier alpha value is -3.13. The Kier molecular flexibility index (Phi) is 10.8. The highest BCUT2D eigenvalue weighted by Crippen LogP contribution is 2.30. The number of fused-ring (bicyclic) bond motifs is 4. The van der Waals surface area contributed by atoms with Crippen molar-refractivity contribution in [3.05, 3.63) is 71.8 Å². The molecule has 1 aromatic carbocycles. The SMILES string of the molecule is CO.NCCCCNCc1nccc2c3ccccc3n(CC=O)c12.c1cnc2c(c1)CCCC2. The van der Waals surface area contributed by atoms with Crippen molar-refractivity contribution in [2.24, 2.45) is 5.73 Å². The maximum Gasteiger partial charge on any atom is 0.139 e. The van der Waals surface area contributed by atoms with E-state index in [0.717, 1.165) is 66.8 Å². The highest BCUT2D eigenvalue weighted by Gasteiger charge is 2.14. The van der Waals surface area contributed by atoms with Crippen LogP contribution in [0.25, 0.3) is 21.8 Å². The van der Waals surface area contributed by atoms with Gasteiger partial charge in [0.25, 0.3) is 0 Å². The fraction of sp³-hybridized carbons (Fsp3) is 0.393. The first kappa shape index (κ1) is 26.5. The fourth-order valence-corrected chi connectivity index (χ4v) is 4.60. The number of hydrogen-bond donors (Lipinski definition) is 3. The molecule has 0 bridgehead atoms. The van der Waals surface area contributed by atoms with Crippen LogP contribution in [0.4, 0.5) is 0 Å². The molecule has 1 aliphatic carbocycles. The van der Waals surface area contributed by atoms with E-state index in [2.05, 4.69) is 38.1 Å². The Labute approximate surface area is 207 Å². The number of rotatable bonds is 8. The number of nitrogens with two attached hydrogens (primary N) is 1. The van der Waals surface area contributed by atoms with E-state index < -0.39 is 0 Å². The van der Waals surface area contributed by atoms with Crippen LogP contribution < -0.4 is 11.1 Å². The van der Waals surface area contributed by atoms with E-state index in [4.69, 9.17) is 10.8 Å². The number of hydrogen-bond acceptors (Lipinski definition) is 6. The van der Waals surface area contributed by atoms with E-state index in [1.807, 2.05) is 36.7 Å². The molecule has 0 unspecified atom stereocenters. The highest BCUT2D eigenvalue weighted by atomic mass is 16.2. The van der Waals surface area contributed by atoms with E-state index >= 15 is 0 Å². The molecule has 7 heteroatoms. The molecular formula is C28H37N5O2. The lowest BCUT2D eigenvalue weighted by molar-refractivity contribution is -0.108. The Bertz CT molecular complexity index is 1180. The summed E-state index contributed by atoms with van der Waals surface area (Å²) in [4.78, 5) is 20.0. The minimum atomic E-state index is 0.343. The first-order valence-electron chi connectivity index (χ1n) is 12.4. The zero-order valence-corrected chi connectivity index (χ0v) is 20.6. The van der Waals surface area contributed by atoms with E-state index in [0.29, 0.717) is 13.1 Å². The minimum Gasteiger partial charge on any atom is -0.400 e. The minimum absolute atomic E-state index is 0.343. The molecule has 0 spiro atoms. The average Bonchev–Trinajstić information content (AvgIpc) is 3.25. The summed E-state index contributed by atoms with van der Waals surface area (Å²) in [7, 11) is 1.00. The number of carbonyl (C=O) groups is 1. The molecule has 7 nitrogen and oxygen atoms in total. The van der Waals surface area contributed by atoms with Gasteiger partial charge >= 0.3 is 0 Å². The summed E-state index contributed by atoms with van der Waals surface area (Å²) in [5.41, 5.74) is 11.4. The molecule has 35 heavy (non-hydrogen) atoms. The van der Waals surface area contributed by atoms with Crippen LogP contribution in [0, 0.1) is 0 Å². The van der Waals surface area contributed by atoms with E-state index in [1.165, 1.54) is 36.9 Å². The second kappa shape index (κ2) is 14.3. The van der Waals surface area contributed by atoms with Gasteiger partial charge in [-0.2, -0.15) is 0 Å². The molecule has 0 amide bonds. The summed E-state index contributed by atoms with van der Waals surface area (Å²) >= 11 is 0. The van der Waals surface area contributed by atoms with Gasteiger partial charge in [0.05, 0.1) is 17.8 Å². The van der Waals surface area contributed by atoms with Crippen molar-refractivity contribution in [3.63, 3.8) is 0 Å². The molecule has 0 atom stereocenters. The molecule has 0 aliphatic heterocycles. The van der Waals surface area contributed by atoms with Crippen molar-refractivity contribution in [2.45, 2.75) is 51.6 Å². The van der Waals surface area contributed by atoms with Crippen molar-refractivity contribution in [1.82, 2.24) is 19.9 Å². The third-order valence-electron chi connectivity index (χ3n) is 6.21. The van der Waals surface area contributed by atoms with Crippen LogP contribution in [0.15, 0.2) is 54.9 Å². The smallest absolute Gasteiger partial charge is 0.139 e. The van der Waals surface area contributed by atoms with Gasteiger partial charge in [0.1, 0.15) is 6.29 Å². The third-order valence-corrected chi connectivity index (χ3v) is 6.21. The number of para-hydroxylation sites is 1. The van der Waals surface area contributed by atoms with Crippen molar-refractivity contribution < 1.29 is 9.90 Å². The van der Waals surface area contributed by atoms with E-state index in [9.17, 15) is 4.79 Å². The van der Waals surface area contributed by atoms with Crippen molar-refractivity contribution in [1.29, 1.82) is 0 Å². The van der Waals surface area contributed by atoms with Crippen LogP contribution in [-0.2, 0) is 30.7 Å². The summed E-state index contributed by atoms with van der Waals surface area (Å²) in [5, 5.41) is 12.7. The number of carbonyl (C=O) groups excluding carboxylic acids is 1. The molecule has 0 radical (unpaired) electrons. The van der Waals surface area contributed by atoms with Gasteiger partial charge in [-0.05, 0) is 75.4 Å². The molecule has 3 aromatic heterocycles. The fourth-order valence-electron chi connectivity index (χ4n) is 4.60. The number of aliphatic hydroxyl groups excluding tert-OH is 1. The molecule has 3 heterocycles. The van der Waals surface area contributed by atoms with Crippen molar-refractivity contribution >= 4 is 28.1 Å². The quantitative estimate of drug-likeness (QED) is 0.264. The lowest BCUT2D eigenvalue weighted by Gasteiger charge is -2.12. The van der Waals surface area contributed by atoms with E-state index in [-0.39, 0.29) is 0 Å². The molecule has 4 aromatic rings. The summed E-state index contributed by atoms with van der Waals surface area (Å²) < 4.78 is 2.06. The zero-order valence-electron chi connectivity index (χ0n) is 20.6. The van der Waals surface area contributed by atoms with Gasteiger partial charge in [-0.3, -0.25) is 9.97 Å². The van der Waals surface area contributed by atoms with Crippen LogP contribution in [0.2, 0.25) is 0 Å². The highest BCUT2D eigenvalue weighted by molar-refractivity contribution is 6.08. The second-order valence-electron chi connectivity index (χ2n) is 8.44. The van der Waals surface area contributed by atoms with E-state index in [1.54, 1.807) is 0 Å². The Morgan fingerprint density at radius 3 is 2.63 bits per heavy atom. The van der Waals surface area contributed by atoms with Gasteiger partial charge in [0.15, 0.2) is 0 Å². The molecular weight excluding hydrogens is 438 g/mol. The van der Waals surface area contributed by atoms with Gasteiger partial charge in [-0.15, -0.1) is 0 Å². The number of aromatic nitrogens is 3. The average molecular weight is 476 g/mol. The lowest BCUT2D eigenvalue weighted by Crippen LogP contribution is -2.17. The molecule has 0 saturated heterocycles. The summed E-state index contributed by atoms with van der Waals surface area (Å²) in [5.74, 6) is 0. The Morgan fingerprint density at radius 2 is 1.83 bits per heavy atom. The number of unbranched alkanes of at least 4 members (excludes halogenated alkanes) is 1. The Morgan fingerprint density at radius 1 is 1.00 bits per heavy atom. The number of aliphatic hydroxyl groups is 1. The maximum absolute atomic E-state index is 11.1. The standard InChI is InChI=1S/C18H22N4O.C9H11N.CH4O/c19-8-3-4-9-20-13-16-18-15(7-10-21-16)14-5-1-2-6-17(14)22(18)11-12-23;1-2-6-9-8(4-1)5-3-7-10-9;1-2/h1-2,5-7,10,12,20H,3-4,8-9,11,13,19H2;3,5,7H,1-2,4,6H2;2H,1H3. The largest absolute Gasteiger partial charge is 0.400 e. The maximum atomic E-state index is 11.1. The summed E-state index contributed by atoms with van der Waals surface area (Å²) in [6.07, 6.45) is 11.9. The number of nitrogens with zero attached hydrogens (tertiary/aromatic N) is 3. The molecule has 0 fully saturated rings. The zero-order chi connectivity index (χ0) is 24.9.